The van der Waals surface area contributed by atoms with Crippen LogP contribution in [0.15, 0.2) is 40.8 Å². The smallest absolute Gasteiger partial charge is 0.422 e. The highest BCUT2D eigenvalue weighted by molar-refractivity contribution is 7.14. The van der Waals surface area contributed by atoms with Gasteiger partial charge in [-0.05, 0) is 42.8 Å². The Morgan fingerprint density at radius 3 is 2.70 bits per heavy atom. The first-order valence-electron chi connectivity index (χ1n) is 9.90. The molecule has 1 saturated heterocycles. The maximum atomic E-state index is 12.2. The van der Waals surface area contributed by atoms with Crippen LogP contribution in [-0.2, 0) is 6.54 Å². The number of piperidine rings is 1. The molecule has 0 saturated carbocycles. The number of hydrogen-bond acceptors (Lipinski definition) is 5. The Labute approximate surface area is 178 Å². The van der Waals surface area contributed by atoms with Crippen LogP contribution in [0.1, 0.15) is 25.3 Å². The molecule has 0 radical (unpaired) electrons. The molecule has 2 N–H and O–H groups in total. The van der Waals surface area contributed by atoms with Gasteiger partial charge >= 0.3 is 6.18 Å². The van der Waals surface area contributed by atoms with E-state index in [1.54, 1.807) is 17.4 Å². The highest BCUT2D eigenvalue weighted by atomic mass is 32.1. The molecule has 1 fully saturated rings. The normalized spacial score (nSPS) is 15.9. The molecule has 3 rings (SSSR count). The van der Waals surface area contributed by atoms with Crippen LogP contribution in [0.4, 0.5) is 18.2 Å². The lowest BCUT2D eigenvalue weighted by atomic mass is 10.1. The van der Waals surface area contributed by atoms with Crippen LogP contribution >= 0.6 is 11.3 Å². The largest absolute Gasteiger partial charge is 0.468 e. The molecule has 30 heavy (non-hydrogen) atoms. The molecule has 164 valence electrons. The van der Waals surface area contributed by atoms with E-state index in [-0.39, 0.29) is 5.88 Å². The molecule has 6 nitrogen and oxygen atoms in total. The molecule has 0 unspecified atom stereocenters. The summed E-state index contributed by atoms with van der Waals surface area (Å²) in [5.74, 6) is 0.673. The van der Waals surface area contributed by atoms with Gasteiger partial charge in [-0.1, -0.05) is 6.07 Å². The number of pyridine rings is 1. The summed E-state index contributed by atoms with van der Waals surface area (Å²) in [5.41, 5.74) is 0.791. The van der Waals surface area contributed by atoms with Crippen LogP contribution in [0, 0.1) is 0 Å². The number of alkyl halides is 3. The Hall–Kier alpha value is -2.49. The number of guanidine groups is 1. The number of thiophene rings is 1. The maximum absolute atomic E-state index is 12.2. The number of aromatic nitrogens is 1. The minimum Gasteiger partial charge on any atom is -0.468 e. The highest BCUT2D eigenvalue weighted by Gasteiger charge is 2.28. The van der Waals surface area contributed by atoms with E-state index >= 15 is 0 Å². The van der Waals surface area contributed by atoms with E-state index in [1.165, 1.54) is 17.3 Å². The van der Waals surface area contributed by atoms with E-state index in [4.69, 9.17) is 0 Å². The average molecular weight is 442 g/mol. The molecule has 2 aromatic rings. The number of hydrogen-bond donors (Lipinski definition) is 2. The Bertz CT molecular complexity index is 788. The van der Waals surface area contributed by atoms with Gasteiger partial charge in [-0.2, -0.15) is 13.2 Å². The molecule has 0 bridgehead atoms. The van der Waals surface area contributed by atoms with Crippen LogP contribution in [0.5, 0.6) is 5.88 Å². The predicted molar refractivity (Wildman–Crippen MR) is 113 cm³/mol. The third-order valence-corrected chi connectivity index (χ3v) is 5.53. The van der Waals surface area contributed by atoms with Crippen molar-refractivity contribution in [2.24, 2.45) is 4.99 Å². The molecule has 2 aromatic heterocycles. The summed E-state index contributed by atoms with van der Waals surface area (Å²) >= 11 is 1.76. The van der Waals surface area contributed by atoms with Gasteiger partial charge in [0.2, 0.25) is 5.88 Å². The van der Waals surface area contributed by atoms with Crippen molar-refractivity contribution in [2.75, 3.05) is 31.1 Å². The summed E-state index contributed by atoms with van der Waals surface area (Å²) in [5, 5.41) is 10.1. The van der Waals surface area contributed by atoms with Gasteiger partial charge < -0.3 is 20.3 Å². The van der Waals surface area contributed by atoms with Crippen molar-refractivity contribution >= 4 is 22.3 Å². The summed E-state index contributed by atoms with van der Waals surface area (Å²) in [6.45, 7) is 3.77. The SMILES string of the molecule is CCNC(=NCc1ccc(OCC(F)(F)F)nc1)NC1CCN(c2cccs2)CC1. The molecule has 0 aliphatic carbocycles. The van der Waals surface area contributed by atoms with Crippen LogP contribution in [0.2, 0.25) is 0 Å². The number of aliphatic imine (C=N–C) groups is 1. The first kappa shape index (κ1) is 22.2. The quantitative estimate of drug-likeness (QED) is 0.506. The maximum Gasteiger partial charge on any atom is 0.422 e. The second kappa shape index (κ2) is 10.5. The van der Waals surface area contributed by atoms with Gasteiger partial charge in [0, 0.05) is 37.9 Å². The van der Waals surface area contributed by atoms with Gasteiger partial charge in [0.15, 0.2) is 12.6 Å². The standard InChI is InChI=1S/C20H26F3N5OS/c1-2-24-19(27-16-7-9-28(10-8-16)18-4-3-11-30-18)26-13-15-5-6-17(25-12-15)29-14-20(21,22)23/h3-6,11-12,16H,2,7-10,13-14H2,1H3,(H2,24,26,27). The lowest BCUT2D eigenvalue weighted by molar-refractivity contribution is -0.154. The van der Waals surface area contributed by atoms with Crippen molar-refractivity contribution < 1.29 is 17.9 Å². The zero-order valence-electron chi connectivity index (χ0n) is 16.8. The van der Waals surface area contributed by atoms with Crippen LogP contribution in [-0.4, -0.2) is 49.4 Å². The summed E-state index contributed by atoms with van der Waals surface area (Å²) in [7, 11) is 0. The van der Waals surface area contributed by atoms with Crippen molar-refractivity contribution in [3.05, 3.63) is 41.4 Å². The Balaban J connectivity index is 1.49. The molecule has 0 aromatic carbocycles. The number of nitrogens with one attached hydrogen (secondary N) is 2. The molecule has 1 aliphatic heterocycles. The molecule has 10 heteroatoms. The van der Waals surface area contributed by atoms with Crippen molar-refractivity contribution in [3.63, 3.8) is 0 Å². The van der Waals surface area contributed by atoms with Crippen molar-refractivity contribution in [3.8, 4) is 5.88 Å². The van der Waals surface area contributed by atoms with Gasteiger partial charge in [0.1, 0.15) is 0 Å². The molecule has 0 amide bonds. The van der Waals surface area contributed by atoms with Crippen LogP contribution < -0.4 is 20.3 Å². The number of ether oxygens (including phenoxy) is 1. The van der Waals surface area contributed by atoms with E-state index in [1.807, 2.05) is 6.92 Å². The van der Waals surface area contributed by atoms with Gasteiger partial charge in [0.05, 0.1) is 11.5 Å². The first-order valence-corrected chi connectivity index (χ1v) is 10.8. The zero-order chi connectivity index (χ0) is 21.4. The van der Waals surface area contributed by atoms with E-state index in [0.29, 0.717) is 12.6 Å². The minimum absolute atomic E-state index is 0.0532. The number of rotatable bonds is 7. The molecular weight excluding hydrogens is 415 g/mol. The topological polar surface area (TPSA) is 61.8 Å². The summed E-state index contributed by atoms with van der Waals surface area (Å²) in [6.07, 6.45) is -0.848. The van der Waals surface area contributed by atoms with E-state index in [9.17, 15) is 13.2 Å². The fourth-order valence-electron chi connectivity index (χ4n) is 3.12. The Morgan fingerprint density at radius 2 is 2.10 bits per heavy atom. The fourth-order valence-corrected chi connectivity index (χ4v) is 3.91. The lowest BCUT2D eigenvalue weighted by Gasteiger charge is -2.33. The van der Waals surface area contributed by atoms with Crippen molar-refractivity contribution in [2.45, 2.75) is 38.5 Å². The number of anilines is 1. The second-order valence-electron chi connectivity index (χ2n) is 6.96. The summed E-state index contributed by atoms with van der Waals surface area (Å²) in [4.78, 5) is 10.9. The van der Waals surface area contributed by atoms with Gasteiger partial charge in [0.25, 0.3) is 0 Å². The number of nitrogens with zero attached hydrogens (tertiary/aromatic N) is 3. The van der Waals surface area contributed by atoms with Crippen LogP contribution in [0.3, 0.4) is 0 Å². The van der Waals surface area contributed by atoms with Gasteiger partial charge in [-0.3, -0.25) is 0 Å². The van der Waals surface area contributed by atoms with Crippen LogP contribution in [0.25, 0.3) is 0 Å². The molecule has 1 aliphatic rings. The molecular formula is C20H26F3N5OS. The fraction of sp³-hybridized carbons (Fsp3) is 0.500. The van der Waals surface area contributed by atoms with Crippen molar-refractivity contribution in [1.29, 1.82) is 0 Å². The van der Waals surface area contributed by atoms with Gasteiger partial charge in [-0.15, -0.1) is 11.3 Å². The summed E-state index contributed by atoms with van der Waals surface area (Å²) in [6, 6.07) is 7.67. The highest BCUT2D eigenvalue weighted by Crippen LogP contribution is 2.24. The minimum atomic E-state index is -4.38. The monoisotopic (exact) mass is 441 g/mol. The van der Waals surface area contributed by atoms with E-state index in [0.717, 1.165) is 44.0 Å². The van der Waals surface area contributed by atoms with E-state index in [2.05, 4.69) is 47.8 Å². The molecule has 3 heterocycles. The second-order valence-corrected chi connectivity index (χ2v) is 7.89. The Kier molecular flexibility index (Phi) is 7.78. The lowest BCUT2D eigenvalue weighted by Crippen LogP contribution is -2.48. The third-order valence-electron chi connectivity index (χ3n) is 4.60. The number of halogens is 3. The average Bonchev–Trinajstić information content (AvgIpc) is 3.26. The zero-order valence-corrected chi connectivity index (χ0v) is 17.6. The molecule has 0 spiro atoms. The van der Waals surface area contributed by atoms with E-state index < -0.39 is 12.8 Å². The predicted octanol–water partition coefficient (Wildman–Crippen LogP) is 3.81. The summed E-state index contributed by atoms with van der Waals surface area (Å²) < 4.78 is 41.2. The van der Waals surface area contributed by atoms with Gasteiger partial charge in [-0.25, -0.2) is 9.98 Å². The van der Waals surface area contributed by atoms with Crippen molar-refractivity contribution in [1.82, 2.24) is 15.6 Å². The Morgan fingerprint density at radius 1 is 1.30 bits per heavy atom. The molecule has 0 atom stereocenters. The third kappa shape index (κ3) is 7.08. The first-order chi connectivity index (χ1) is 14.4.